The summed E-state index contributed by atoms with van der Waals surface area (Å²) in [5.41, 5.74) is -0.889. The molecule has 13 heteroatoms. The second kappa shape index (κ2) is 15.2. The number of nitrogens with one attached hydrogen (secondary N) is 3. The first-order chi connectivity index (χ1) is 18.0. The molecule has 0 saturated carbocycles. The van der Waals surface area contributed by atoms with Crippen molar-refractivity contribution in [1.29, 1.82) is 0 Å². The molecule has 1 aromatic carbocycles. The number of methoxy groups -OCH3 is 2. The topological polar surface area (TPSA) is 156 Å². The number of ketones is 1. The summed E-state index contributed by atoms with van der Waals surface area (Å²) in [4.78, 5) is 56.4. The molecule has 1 heterocycles. The number of benzene rings is 1. The van der Waals surface area contributed by atoms with Crippen LogP contribution < -0.4 is 16.0 Å². The van der Waals surface area contributed by atoms with E-state index in [-0.39, 0.29) is 24.1 Å². The smallest absolute Gasteiger partial charge is 0.263 e. The van der Waals surface area contributed by atoms with Gasteiger partial charge in [0.2, 0.25) is 11.8 Å². The highest BCUT2D eigenvalue weighted by Crippen LogP contribution is 2.15. The van der Waals surface area contributed by atoms with Gasteiger partial charge in [-0.15, -0.1) is 11.3 Å². The molecule has 0 spiro atoms. The fourth-order valence-corrected chi connectivity index (χ4v) is 4.50. The van der Waals surface area contributed by atoms with Crippen molar-refractivity contribution < 1.29 is 33.8 Å². The van der Waals surface area contributed by atoms with Crippen LogP contribution in [-0.4, -0.2) is 89.2 Å². The van der Waals surface area contributed by atoms with Crippen molar-refractivity contribution in [2.75, 3.05) is 31.9 Å². The molecular weight excluding hydrogens is 627 g/mol. The van der Waals surface area contributed by atoms with Gasteiger partial charge in [-0.05, 0) is 25.8 Å². The number of carbonyl (C=O) groups excluding carboxylic acids is 4. The zero-order valence-corrected chi connectivity index (χ0v) is 24.6. The van der Waals surface area contributed by atoms with Crippen LogP contribution in [-0.2, 0) is 30.3 Å². The maximum atomic E-state index is 13.2. The molecule has 0 aliphatic carbocycles. The van der Waals surface area contributed by atoms with E-state index in [0.29, 0.717) is 9.88 Å². The van der Waals surface area contributed by atoms with Crippen LogP contribution in [0.15, 0.2) is 36.5 Å². The molecule has 2 unspecified atom stereocenters. The fraction of sp³-hybridized carbons (Fsp3) is 0.480. The molecule has 0 bridgehead atoms. The van der Waals surface area contributed by atoms with E-state index >= 15 is 0 Å². The third-order valence-corrected chi connectivity index (χ3v) is 7.87. The summed E-state index contributed by atoms with van der Waals surface area (Å²) in [7, 11) is 2.74. The maximum Gasteiger partial charge on any atom is 0.263 e. The van der Waals surface area contributed by atoms with Crippen molar-refractivity contribution in [3.63, 3.8) is 0 Å². The van der Waals surface area contributed by atoms with Gasteiger partial charge in [-0.25, -0.2) is 4.98 Å². The van der Waals surface area contributed by atoms with Crippen LogP contribution in [0.1, 0.15) is 27.2 Å². The van der Waals surface area contributed by atoms with Crippen LogP contribution in [0.5, 0.6) is 0 Å². The Balaban J connectivity index is 2.18. The summed E-state index contributed by atoms with van der Waals surface area (Å²) < 4.78 is 10.3. The van der Waals surface area contributed by atoms with E-state index < -0.39 is 47.2 Å². The number of aromatic nitrogens is 1. The molecule has 0 radical (unpaired) electrons. The number of hydrogen-bond acceptors (Lipinski definition) is 9. The van der Waals surface area contributed by atoms with Crippen LogP contribution >= 0.6 is 33.9 Å². The fourth-order valence-electron chi connectivity index (χ4n) is 3.44. The van der Waals surface area contributed by atoms with E-state index in [1.54, 1.807) is 19.1 Å². The Morgan fingerprint density at radius 2 is 1.55 bits per heavy atom. The zero-order chi connectivity index (χ0) is 28.3. The number of thiazole rings is 1. The lowest BCUT2D eigenvalue weighted by atomic mass is 9.92. The lowest BCUT2D eigenvalue weighted by Crippen LogP contribution is -2.60. The average Bonchev–Trinajstić information content (AvgIpc) is 3.34. The number of aliphatic hydroxyl groups is 1. The first kappa shape index (κ1) is 31.8. The van der Waals surface area contributed by atoms with Crippen LogP contribution in [0, 0.1) is 6.92 Å². The van der Waals surface area contributed by atoms with Gasteiger partial charge in [-0.2, -0.15) is 0 Å². The summed E-state index contributed by atoms with van der Waals surface area (Å²) in [6.45, 7) is 2.80. The van der Waals surface area contributed by atoms with E-state index in [9.17, 15) is 24.3 Å². The summed E-state index contributed by atoms with van der Waals surface area (Å²) in [6.07, 6.45) is 1.55. The van der Waals surface area contributed by atoms with Gasteiger partial charge in [0.15, 0.2) is 5.78 Å². The van der Waals surface area contributed by atoms with Crippen molar-refractivity contribution in [3.8, 4) is 0 Å². The van der Waals surface area contributed by atoms with Gasteiger partial charge in [0.25, 0.3) is 5.91 Å². The lowest BCUT2D eigenvalue weighted by molar-refractivity contribution is -0.139. The summed E-state index contributed by atoms with van der Waals surface area (Å²) in [5, 5.41) is 19.1. The molecule has 4 atom stereocenters. The number of hydrogen-bond donors (Lipinski definition) is 4. The number of rotatable bonds is 15. The van der Waals surface area contributed by atoms with Crippen molar-refractivity contribution in [1.82, 2.24) is 20.9 Å². The number of ether oxygens (including phenoxy) is 2. The monoisotopic (exact) mass is 660 g/mol. The van der Waals surface area contributed by atoms with Gasteiger partial charge in [0.05, 0.1) is 30.5 Å². The quantitative estimate of drug-likeness (QED) is 0.162. The Kier molecular flexibility index (Phi) is 12.7. The normalized spacial score (nSPS) is 15.0. The molecule has 2 aromatic rings. The number of halogens is 1. The molecule has 11 nitrogen and oxygen atoms in total. The Morgan fingerprint density at radius 3 is 2.05 bits per heavy atom. The summed E-state index contributed by atoms with van der Waals surface area (Å²) >= 11 is 3.08. The van der Waals surface area contributed by atoms with Crippen molar-refractivity contribution >= 4 is 57.4 Å². The molecular formula is C25H33IN4O7S. The number of Topliss-reactive ketones (excluding diaryl/α,β-unsaturated/α-hetero) is 1. The van der Waals surface area contributed by atoms with Gasteiger partial charge in [0, 0.05) is 18.6 Å². The van der Waals surface area contributed by atoms with Crippen LogP contribution in [0.4, 0.5) is 0 Å². The Bertz CT molecular complexity index is 1100. The van der Waals surface area contributed by atoms with E-state index in [1.165, 1.54) is 38.7 Å². The lowest BCUT2D eigenvalue weighted by Gasteiger charge is -2.28. The largest absolute Gasteiger partial charge is 0.382 e. The molecule has 0 aliphatic rings. The van der Waals surface area contributed by atoms with E-state index in [4.69, 9.17) is 9.47 Å². The van der Waals surface area contributed by atoms with Gasteiger partial charge < -0.3 is 30.5 Å². The zero-order valence-electron chi connectivity index (χ0n) is 21.7. The molecule has 38 heavy (non-hydrogen) atoms. The SMILES string of the molecule is COCC(NC(=O)c1cnc(C)s1)C(=O)NC(COC)C(=O)N[C@@H](Cc1ccccc1)C(=O)[C@](C)(O)CI. The standard InChI is InChI=1S/C25H33IN4O7S/c1-15-27-11-20(38-15)24(34)30-19(13-37-4)23(33)29-18(12-36-3)22(32)28-17(21(31)25(2,35)14-26)10-16-8-6-5-7-9-16/h5-9,11,17-19,35H,10,12-14H2,1-4H3,(H,28,32)(H,29,33)(H,30,34)/t17-,18?,19?,25+/m0/s1. The first-order valence-corrected chi connectivity index (χ1v) is 14.0. The van der Waals surface area contributed by atoms with Gasteiger partial charge in [-0.3, -0.25) is 19.2 Å². The maximum absolute atomic E-state index is 13.2. The van der Waals surface area contributed by atoms with Gasteiger partial charge in [0.1, 0.15) is 22.6 Å². The third kappa shape index (κ3) is 9.38. The summed E-state index contributed by atoms with van der Waals surface area (Å²) in [6, 6.07) is 5.70. The molecule has 0 saturated heterocycles. The van der Waals surface area contributed by atoms with Gasteiger partial charge in [-0.1, -0.05) is 52.9 Å². The second-order valence-corrected chi connectivity index (χ2v) is 10.8. The average molecular weight is 661 g/mol. The minimum absolute atomic E-state index is 0.126. The second-order valence-electron chi connectivity index (χ2n) is 8.76. The predicted octanol–water partition coefficient (Wildman–Crippen LogP) is 0.810. The van der Waals surface area contributed by atoms with Crippen LogP contribution in [0.25, 0.3) is 0 Å². The van der Waals surface area contributed by atoms with Crippen molar-refractivity contribution in [2.24, 2.45) is 0 Å². The molecule has 3 amide bonds. The van der Waals surface area contributed by atoms with E-state index in [1.807, 2.05) is 40.8 Å². The molecule has 2 rings (SSSR count). The molecule has 4 N–H and O–H groups in total. The number of nitrogens with zero attached hydrogens (tertiary/aromatic N) is 1. The van der Waals surface area contributed by atoms with Gasteiger partial charge >= 0.3 is 0 Å². The highest BCUT2D eigenvalue weighted by molar-refractivity contribution is 14.1. The highest BCUT2D eigenvalue weighted by atomic mass is 127. The third-order valence-electron chi connectivity index (χ3n) is 5.47. The van der Waals surface area contributed by atoms with Crippen LogP contribution in [0.2, 0.25) is 0 Å². The number of amides is 3. The Labute approximate surface area is 239 Å². The number of carbonyl (C=O) groups is 4. The Morgan fingerprint density at radius 1 is 1.00 bits per heavy atom. The summed E-state index contributed by atoms with van der Waals surface area (Å²) in [5.74, 6) is -2.42. The molecule has 0 fully saturated rings. The molecule has 1 aromatic heterocycles. The molecule has 0 aliphatic heterocycles. The number of aryl methyl sites for hydroxylation is 1. The first-order valence-electron chi connectivity index (χ1n) is 11.7. The van der Waals surface area contributed by atoms with Crippen LogP contribution in [0.3, 0.4) is 0 Å². The minimum Gasteiger partial charge on any atom is -0.382 e. The Hall–Kier alpha value is -2.46. The number of alkyl halides is 1. The minimum atomic E-state index is -1.67. The molecule has 208 valence electrons. The van der Waals surface area contributed by atoms with Crippen molar-refractivity contribution in [3.05, 3.63) is 52.0 Å². The van der Waals surface area contributed by atoms with E-state index in [0.717, 1.165) is 5.56 Å². The van der Waals surface area contributed by atoms with Crippen molar-refractivity contribution in [2.45, 2.75) is 44.0 Å². The predicted molar refractivity (Wildman–Crippen MR) is 150 cm³/mol. The van der Waals surface area contributed by atoms with E-state index in [2.05, 4.69) is 20.9 Å². The highest BCUT2D eigenvalue weighted by Gasteiger charge is 2.37.